The van der Waals surface area contributed by atoms with Crippen LogP contribution in [0, 0.1) is 0 Å². The molecule has 194 valence electrons. The van der Waals surface area contributed by atoms with Crippen LogP contribution in [0.2, 0.25) is 0 Å². The summed E-state index contributed by atoms with van der Waals surface area (Å²) < 4.78 is 0. The van der Waals surface area contributed by atoms with Crippen molar-refractivity contribution >= 4 is 42.4 Å². The Bertz CT molecular complexity index is 1360. The Hall–Kier alpha value is -3.08. The molecule has 3 heteroatoms. The summed E-state index contributed by atoms with van der Waals surface area (Å²) in [6, 6.07) is 54.4. The van der Waals surface area contributed by atoms with Gasteiger partial charge in [0.25, 0.3) is 0 Å². The van der Waals surface area contributed by atoms with E-state index in [4.69, 9.17) is 0 Å². The van der Waals surface area contributed by atoms with E-state index in [1.807, 2.05) is 0 Å². The second kappa shape index (κ2) is 12.8. The highest BCUT2D eigenvalue weighted by Gasteiger charge is 2.30. The zero-order valence-electron chi connectivity index (χ0n) is 22.3. The SMILES string of the molecule is c1ccc(P(C[C@@H]2CCCN2Cc2ccccc2P(c2ccccc2)c2ccccc2)c2ccccc2)cc1. The Kier molecular flexibility index (Phi) is 8.62. The lowest BCUT2D eigenvalue weighted by Crippen LogP contribution is -2.35. The molecule has 1 nitrogen and oxygen atoms in total. The Labute approximate surface area is 236 Å². The first-order valence-corrected chi connectivity index (χ1v) is 16.8. The van der Waals surface area contributed by atoms with Gasteiger partial charge in [-0.1, -0.05) is 146 Å². The molecular weight excluding hydrogens is 508 g/mol. The highest BCUT2D eigenvalue weighted by molar-refractivity contribution is 7.80. The van der Waals surface area contributed by atoms with Gasteiger partial charge in [0.2, 0.25) is 0 Å². The molecule has 5 aromatic rings. The average molecular weight is 544 g/mol. The molecule has 0 amide bonds. The summed E-state index contributed by atoms with van der Waals surface area (Å²) >= 11 is 0. The smallest absolute Gasteiger partial charge is 0.0243 e. The van der Waals surface area contributed by atoms with Crippen molar-refractivity contribution in [2.75, 3.05) is 12.7 Å². The monoisotopic (exact) mass is 543 g/mol. The Balaban J connectivity index is 1.30. The fourth-order valence-corrected chi connectivity index (χ4v) is 10.8. The quantitative estimate of drug-likeness (QED) is 0.191. The van der Waals surface area contributed by atoms with Crippen LogP contribution in [0.4, 0.5) is 0 Å². The van der Waals surface area contributed by atoms with Crippen molar-refractivity contribution in [3.8, 4) is 0 Å². The van der Waals surface area contributed by atoms with Crippen LogP contribution in [0.1, 0.15) is 18.4 Å². The molecule has 6 rings (SSSR count). The van der Waals surface area contributed by atoms with E-state index in [-0.39, 0.29) is 0 Å². The number of hydrogen-bond acceptors (Lipinski definition) is 1. The molecule has 0 aromatic heterocycles. The third kappa shape index (κ3) is 6.23. The lowest BCUT2D eigenvalue weighted by atomic mass is 10.2. The zero-order valence-corrected chi connectivity index (χ0v) is 24.1. The summed E-state index contributed by atoms with van der Waals surface area (Å²) in [6.07, 6.45) is 3.79. The van der Waals surface area contributed by atoms with Crippen LogP contribution in [0.15, 0.2) is 146 Å². The summed E-state index contributed by atoms with van der Waals surface area (Å²) in [4.78, 5) is 2.78. The Morgan fingerprint density at radius 2 is 1.00 bits per heavy atom. The highest BCUT2D eigenvalue weighted by atomic mass is 31.1. The van der Waals surface area contributed by atoms with Gasteiger partial charge in [0.1, 0.15) is 0 Å². The van der Waals surface area contributed by atoms with Crippen LogP contribution >= 0.6 is 15.8 Å². The van der Waals surface area contributed by atoms with Crippen LogP contribution < -0.4 is 26.5 Å². The van der Waals surface area contributed by atoms with Gasteiger partial charge in [0.15, 0.2) is 0 Å². The van der Waals surface area contributed by atoms with Crippen molar-refractivity contribution in [3.63, 3.8) is 0 Å². The fraction of sp³-hybridized carbons (Fsp3) is 0.167. The second-order valence-corrected chi connectivity index (χ2v) is 14.6. The molecule has 39 heavy (non-hydrogen) atoms. The van der Waals surface area contributed by atoms with Crippen LogP contribution in [0.3, 0.4) is 0 Å². The van der Waals surface area contributed by atoms with Gasteiger partial charge in [-0.25, -0.2) is 0 Å². The summed E-state index contributed by atoms with van der Waals surface area (Å²) in [6.45, 7) is 2.20. The van der Waals surface area contributed by atoms with Crippen molar-refractivity contribution in [2.45, 2.75) is 25.4 Å². The number of nitrogens with zero attached hydrogens (tertiary/aromatic N) is 1. The zero-order chi connectivity index (χ0) is 26.3. The molecule has 0 saturated carbocycles. The molecule has 1 aliphatic heterocycles. The standard InChI is InChI=1S/C36H35NP2/c1-5-18-32(19-6-1)38(33-20-7-2-8-21-33)29-31-17-15-27-37(31)28-30-16-13-14-26-36(30)39(34-22-9-3-10-23-34)35-24-11-4-12-25-35/h1-14,16,18-26,31H,15,17,27-29H2/t31-/m0/s1. The molecular formula is C36H35NP2. The maximum atomic E-state index is 2.78. The minimum absolute atomic E-state index is 0.393. The van der Waals surface area contributed by atoms with Crippen LogP contribution in [0.25, 0.3) is 0 Å². The fourth-order valence-electron chi connectivity index (χ4n) is 5.76. The maximum Gasteiger partial charge on any atom is 0.0243 e. The molecule has 0 unspecified atom stereocenters. The van der Waals surface area contributed by atoms with Gasteiger partial charge in [-0.05, 0) is 73.5 Å². The van der Waals surface area contributed by atoms with Gasteiger partial charge in [0.05, 0.1) is 0 Å². The van der Waals surface area contributed by atoms with Crippen molar-refractivity contribution in [1.29, 1.82) is 0 Å². The first kappa shape index (κ1) is 26.2. The first-order chi connectivity index (χ1) is 19.4. The minimum atomic E-state index is -0.613. The van der Waals surface area contributed by atoms with E-state index in [0.717, 1.165) is 6.54 Å². The number of benzene rings is 5. The molecule has 1 heterocycles. The normalized spacial score (nSPS) is 15.7. The van der Waals surface area contributed by atoms with Gasteiger partial charge in [-0.2, -0.15) is 0 Å². The van der Waals surface area contributed by atoms with Crippen molar-refractivity contribution in [1.82, 2.24) is 4.90 Å². The average Bonchev–Trinajstić information content (AvgIpc) is 3.45. The molecule has 0 radical (unpaired) electrons. The number of likely N-dealkylation sites (tertiary alicyclic amines) is 1. The number of rotatable bonds is 9. The number of hydrogen-bond donors (Lipinski definition) is 0. The Morgan fingerprint density at radius 1 is 0.538 bits per heavy atom. The van der Waals surface area contributed by atoms with Gasteiger partial charge in [-0.3, -0.25) is 4.90 Å². The summed E-state index contributed by atoms with van der Waals surface area (Å²) in [5.41, 5.74) is 1.48. The maximum absolute atomic E-state index is 2.78. The van der Waals surface area contributed by atoms with E-state index in [1.54, 1.807) is 0 Å². The van der Waals surface area contributed by atoms with Crippen LogP contribution in [-0.2, 0) is 6.54 Å². The molecule has 0 aliphatic carbocycles. The topological polar surface area (TPSA) is 3.24 Å². The van der Waals surface area contributed by atoms with Crippen molar-refractivity contribution < 1.29 is 0 Å². The van der Waals surface area contributed by atoms with E-state index in [2.05, 4.69) is 150 Å². The highest BCUT2D eigenvalue weighted by Crippen LogP contribution is 2.39. The molecule has 1 fully saturated rings. The summed E-state index contributed by atoms with van der Waals surface area (Å²) in [5, 5.41) is 7.30. The summed E-state index contributed by atoms with van der Waals surface area (Å²) in [7, 11) is -1.01. The molecule has 1 atom stereocenters. The predicted octanol–water partition coefficient (Wildman–Crippen LogP) is 6.54. The lowest BCUT2D eigenvalue weighted by Gasteiger charge is -2.31. The molecule has 5 aromatic carbocycles. The van der Waals surface area contributed by atoms with Crippen LogP contribution in [0.5, 0.6) is 0 Å². The largest absolute Gasteiger partial charge is 0.296 e. The summed E-state index contributed by atoms with van der Waals surface area (Å²) in [5.74, 6) is 0. The molecule has 0 N–H and O–H groups in total. The van der Waals surface area contributed by atoms with Crippen LogP contribution in [-0.4, -0.2) is 23.6 Å². The molecule has 0 spiro atoms. The van der Waals surface area contributed by atoms with E-state index in [0.29, 0.717) is 6.04 Å². The van der Waals surface area contributed by atoms with E-state index < -0.39 is 15.8 Å². The molecule has 0 bridgehead atoms. The van der Waals surface area contributed by atoms with Gasteiger partial charge >= 0.3 is 0 Å². The third-order valence-electron chi connectivity index (χ3n) is 7.66. The van der Waals surface area contributed by atoms with Crippen molar-refractivity contribution in [3.05, 3.63) is 151 Å². The van der Waals surface area contributed by atoms with Gasteiger partial charge < -0.3 is 0 Å². The van der Waals surface area contributed by atoms with Gasteiger partial charge in [0, 0.05) is 12.6 Å². The Morgan fingerprint density at radius 3 is 1.54 bits per heavy atom. The van der Waals surface area contributed by atoms with E-state index >= 15 is 0 Å². The lowest BCUT2D eigenvalue weighted by molar-refractivity contribution is 0.264. The molecule has 1 aliphatic rings. The minimum Gasteiger partial charge on any atom is -0.296 e. The third-order valence-corrected chi connectivity index (χ3v) is 12.8. The van der Waals surface area contributed by atoms with Crippen molar-refractivity contribution in [2.24, 2.45) is 0 Å². The van der Waals surface area contributed by atoms with E-state index in [1.165, 1.54) is 57.6 Å². The predicted molar refractivity (Wildman–Crippen MR) is 173 cm³/mol. The molecule has 1 saturated heterocycles. The van der Waals surface area contributed by atoms with E-state index in [9.17, 15) is 0 Å². The van der Waals surface area contributed by atoms with Gasteiger partial charge in [-0.15, -0.1) is 0 Å². The first-order valence-electron chi connectivity index (χ1n) is 14.0. The second-order valence-electron chi connectivity index (χ2n) is 10.2.